The second kappa shape index (κ2) is 9.84. The average Bonchev–Trinajstić information content (AvgIpc) is 2.54. The normalized spacial score (nSPS) is 14.2. The number of esters is 1. The Labute approximate surface area is 144 Å². The molecule has 1 aromatic carbocycles. The van der Waals surface area contributed by atoms with Gasteiger partial charge in [-0.25, -0.2) is 13.7 Å². The number of hydrogen-bond acceptors (Lipinski definition) is 3. The van der Waals surface area contributed by atoms with Gasteiger partial charge in [-0.05, 0) is 32.4 Å². The van der Waals surface area contributed by atoms with Gasteiger partial charge in [0.2, 0.25) is 0 Å². The molecule has 2 atom stereocenters. The first kappa shape index (κ1) is 20.7. The van der Waals surface area contributed by atoms with Crippen LogP contribution in [0.4, 0.5) is 8.78 Å². The maximum atomic E-state index is 14.4. The zero-order valence-corrected chi connectivity index (χ0v) is 15.1. The summed E-state index contributed by atoms with van der Waals surface area (Å²) in [5.41, 5.74) is 0.979. The molecule has 1 rings (SSSR count). The van der Waals surface area contributed by atoms with Gasteiger partial charge in [-0.3, -0.25) is 0 Å². The Hall–Kier alpha value is -1.34. The van der Waals surface area contributed by atoms with Crippen LogP contribution in [0.25, 0.3) is 0 Å². The van der Waals surface area contributed by atoms with Crippen LogP contribution < -0.4 is 4.72 Å². The minimum atomic E-state index is -3.73. The number of alkyl halides is 2. The van der Waals surface area contributed by atoms with E-state index in [2.05, 4.69) is 9.46 Å². The van der Waals surface area contributed by atoms with Crippen molar-refractivity contribution in [3.63, 3.8) is 0 Å². The summed E-state index contributed by atoms with van der Waals surface area (Å²) < 4.78 is 48.0. The van der Waals surface area contributed by atoms with E-state index in [1.54, 1.807) is 24.3 Å². The number of benzene rings is 1. The van der Waals surface area contributed by atoms with Crippen molar-refractivity contribution in [2.24, 2.45) is 0 Å². The highest BCUT2D eigenvalue weighted by molar-refractivity contribution is 7.83. The van der Waals surface area contributed by atoms with E-state index in [0.717, 1.165) is 18.4 Å². The molecule has 24 heavy (non-hydrogen) atoms. The molecule has 1 aromatic rings. The van der Waals surface area contributed by atoms with E-state index in [9.17, 15) is 17.8 Å². The molecule has 0 saturated carbocycles. The van der Waals surface area contributed by atoms with Crippen LogP contribution in [0.1, 0.15) is 45.1 Å². The maximum Gasteiger partial charge on any atom is 0.378 e. The smallest absolute Gasteiger partial charge is 0.378 e. The van der Waals surface area contributed by atoms with E-state index in [1.807, 2.05) is 13.8 Å². The van der Waals surface area contributed by atoms with Crippen molar-refractivity contribution in [1.82, 2.24) is 4.72 Å². The summed E-state index contributed by atoms with van der Waals surface area (Å²) >= 11 is 0. The quantitative estimate of drug-likeness (QED) is 0.510. The van der Waals surface area contributed by atoms with Gasteiger partial charge in [0.1, 0.15) is 11.0 Å². The van der Waals surface area contributed by atoms with Gasteiger partial charge in [0.25, 0.3) is 0 Å². The molecule has 0 radical (unpaired) electrons. The Morgan fingerprint density at radius 1 is 1.25 bits per heavy atom. The highest BCUT2D eigenvalue weighted by atomic mass is 32.2. The molecule has 1 N–H and O–H groups in total. The Morgan fingerprint density at radius 2 is 1.88 bits per heavy atom. The number of carbonyl (C=O) groups is 1. The molecular formula is C17H25F2NO3S. The highest BCUT2D eigenvalue weighted by Crippen LogP contribution is 2.26. The molecule has 0 amide bonds. The van der Waals surface area contributed by atoms with Crippen molar-refractivity contribution < 1.29 is 22.5 Å². The molecule has 0 aliphatic carbocycles. The number of aryl methyl sites for hydroxylation is 1. The number of halogens is 2. The number of ether oxygens (including phenoxy) is 1. The zero-order valence-electron chi connectivity index (χ0n) is 14.3. The molecule has 0 saturated heterocycles. The maximum absolute atomic E-state index is 14.4. The third kappa shape index (κ3) is 5.94. The van der Waals surface area contributed by atoms with E-state index in [4.69, 9.17) is 0 Å². The van der Waals surface area contributed by atoms with Crippen molar-refractivity contribution in [2.75, 3.05) is 6.61 Å². The van der Waals surface area contributed by atoms with E-state index >= 15 is 0 Å². The predicted molar refractivity (Wildman–Crippen MR) is 90.2 cm³/mol. The monoisotopic (exact) mass is 361 g/mol. The summed E-state index contributed by atoms with van der Waals surface area (Å²) in [5.74, 6) is -5.32. The molecule has 0 aliphatic rings. The fraction of sp³-hybridized carbons (Fsp3) is 0.588. The third-order valence-electron chi connectivity index (χ3n) is 3.57. The summed E-state index contributed by atoms with van der Waals surface area (Å²) in [5, 5.41) is 0. The van der Waals surface area contributed by atoms with Crippen LogP contribution in [-0.4, -0.2) is 28.7 Å². The molecule has 1 unspecified atom stereocenters. The van der Waals surface area contributed by atoms with Crippen molar-refractivity contribution in [2.45, 2.75) is 63.3 Å². The van der Waals surface area contributed by atoms with Gasteiger partial charge in [-0.1, -0.05) is 43.9 Å². The van der Waals surface area contributed by atoms with Crippen molar-refractivity contribution in [3.8, 4) is 0 Å². The standard InChI is InChI=1S/C17H25F2NO3S/c1-4-6-7-8-15(17(18,19)16(21)23-5-2)20-24(22)14-11-9-13(3)10-12-14/h9-12,15,20H,4-8H2,1-3H3/t15-,24?/m0/s1. The van der Waals surface area contributed by atoms with Gasteiger partial charge in [-0.15, -0.1) is 0 Å². The SMILES string of the molecule is CCCCC[C@H](NS(=O)c1ccc(C)cc1)C(F)(F)C(=O)OCC. The second-order valence-electron chi connectivity index (χ2n) is 5.59. The highest BCUT2D eigenvalue weighted by Gasteiger charge is 2.49. The summed E-state index contributed by atoms with van der Waals surface area (Å²) in [6, 6.07) is 5.20. The van der Waals surface area contributed by atoms with Crippen molar-refractivity contribution in [3.05, 3.63) is 29.8 Å². The Balaban J connectivity index is 2.90. The molecule has 136 valence electrons. The molecule has 4 nitrogen and oxygen atoms in total. The summed E-state index contributed by atoms with van der Waals surface area (Å²) in [4.78, 5) is 12.0. The van der Waals surface area contributed by atoms with Crippen LogP contribution in [0.5, 0.6) is 0 Å². The predicted octanol–water partition coefficient (Wildman–Crippen LogP) is 3.75. The second-order valence-corrected chi connectivity index (χ2v) is 6.84. The lowest BCUT2D eigenvalue weighted by atomic mass is 10.0. The van der Waals surface area contributed by atoms with Crippen LogP contribution >= 0.6 is 0 Å². The summed E-state index contributed by atoms with van der Waals surface area (Å²) in [6.07, 6.45) is 2.17. The molecule has 0 spiro atoms. The lowest BCUT2D eigenvalue weighted by molar-refractivity contribution is -0.175. The lowest BCUT2D eigenvalue weighted by Crippen LogP contribution is -2.51. The first-order chi connectivity index (χ1) is 11.3. The fourth-order valence-corrected chi connectivity index (χ4v) is 3.18. The summed E-state index contributed by atoms with van der Waals surface area (Å²) in [6.45, 7) is 5.17. The van der Waals surface area contributed by atoms with Crippen LogP contribution in [0.3, 0.4) is 0 Å². The molecule has 0 bridgehead atoms. The molecule has 0 aliphatic heterocycles. The minimum absolute atomic E-state index is 0.0389. The number of rotatable bonds is 10. The number of hydrogen-bond donors (Lipinski definition) is 1. The van der Waals surface area contributed by atoms with Gasteiger partial charge in [0, 0.05) is 0 Å². The van der Waals surface area contributed by atoms with Gasteiger partial charge >= 0.3 is 11.9 Å². The van der Waals surface area contributed by atoms with E-state index in [1.165, 1.54) is 6.92 Å². The topological polar surface area (TPSA) is 55.4 Å². The molecule has 0 fully saturated rings. The largest absolute Gasteiger partial charge is 0.462 e. The Morgan fingerprint density at radius 3 is 2.42 bits per heavy atom. The fourth-order valence-electron chi connectivity index (χ4n) is 2.14. The van der Waals surface area contributed by atoms with Gasteiger partial charge < -0.3 is 4.74 Å². The average molecular weight is 361 g/mol. The Kier molecular flexibility index (Phi) is 8.48. The zero-order chi connectivity index (χ0) is 18.2. The lowest BCUT2D eigenvalue weighted by Gasteiger charge is -2.25. The molecule has 7 heteroatoms. The van der Waals surface area contributed by atoms with Gasteiger partial charge in [-0.2, -0.15) is 8.78 Å². The first-order valence-electron chi connectivity index (χ1n) is 8.12. The minimum Gasteiger partial charge on any atom is -0.462 e. The number of nitrogens with one attached hydrogen (secondary N) is 1. The Bertz CT molecular complexity index is 549. The number of unbranched alkanes of at least 4 members (excludes halogenated alkanes) is 2. The van der Waals surface area contributed by atoms with Crippen molar-refractivity contribution in [1.29, 1.82) is 0 Å². The first-order valence-corrected chi connectivity index (χ1v) is 9.27. The van der Waals surface area contributed by atoms with E-state index < -0.39 is 28.9 Å². The van der Waals surface area contributed by atoms with Gasteiger partial charge in [0.15, 0.2) is 0 Å². The van der Waals surface area contributed by atoms with Crippen LogP contribution in [0.15, 0.2) is 29.2 Å². The summed E-state index contributed by atoms with van der Waals surface area (Å²) in [7, 11) is -1.83. The number of carbonyl (C=O) groups excluding carboxylic acids is 1. The van der Waals surface area contributed by atoms with E-state index in [0.29, 0.717) is 11.3 Å². The van der Waals surface area contributed by atoms with E-state index in [-0.39, 0.29) is 13.0 Å². The van der Waals surface area contributed by atoms with Crippen LogP contribution in [-0.2, 0) is 20.5 Å². The third-order valence-corrected chi connectivity index (χ3v) is 4.76. The molecular weight excluding hydrogens is 336 g/mol. The molecule has 0 aromatic heterocycles. The van der Waals surface area contributed by atoms with Crippen LogP contribution in [0, 0.1) is 6.92 Å². The molecule has 0 heterocycles. The van der Waals surface area contributed by atoms with Crippen molar-refractivity contribution >= 4 is 17.0 Å². The van der Waals surface area contributed by atoms with Gasteiger partial charge in [0.05, 0.1) is 17.5 Å². The van der Waals surface area contributed by atoms with Crippen LogP contribution in [0.2, 0.25) is 0 Å².